The fraction of sp³-hybridized carbons (Fsp3) is 0.429. The molecule has 20 heavy (non-hydrogen) atoms. The summed E-state index contributed by atoms with van der Waals surface area (Å²) >= 11 is 0. The largest absolute Gasteiger partial charge is 0.483 e. The summed E-state index contributed by atoms with van der Waals surface area (Å²) in [5, 5.41) is 7.09. The van der Waals surface area contributed by atoms with Gasteiger partial charge in [-0.25, -0.2) is 14.1 Å². The topological polar surface area (TPSA) is 52.0 Å². The van der Waals surface area contributed by atoms with E-state index in [4.69, 9.17) is 4.74 Å². The fourth-order valence-corrected chi connectivity index (χ4v) is 1.93. The zero-order valence-electron chi connectivity index (χ0n) is 11.9. The van der Waals surface area contributed by atoms with Crippen LogP contribution in [-0.2, 0) is 13.2 Å². The summed E-state index contributed by atoms with van der Waals surface area (Å²) in [5.74, 6) is 0.537. The summed E-state index contributed by atoms with van der Waals surface area (Å²) < 4.78 is 21.1. The Morgan fingerprint density at radius 2 is 2.20 bits per heavy atom. The number of benzene rings is 1. The standard InChI is InChI=1S/C14H19FN4O/c1-10(2)19-14(17-9-18-19)8-20-13-5-4-11(7-16-3)6-12(13)15/h4-6,9-10,16H,7-8H2,1-3H3. The molecule has 0 aliphatic carbocycles. The molecule has 0 amide bonds. The molecule has 0 aliphatic heterocycles. The Balaban J connectivity index is 2.05. The molecule has 1 aromatic carbocycles. The monoisotopic (exact) mass is 278 g/mol. The maximum atomic E-state index is 13.9. The van der Waals surface area contributed by atoms with Crippen LogP contribution < -0.4 is 10.1 Å². The molecule has 0 aliphatic rings. The van der Waals surface area contributed by atoms with Crippen molar-refractivity contribution in [2.45, 2.75) is 33.0 Å². The van der Waals surface area contributed by atoms with E-state index in [1.807, 2.05) is 27.0 Å². The second-order valence-electron chi connectivity index (χ2n) is 4.80. The van der Waals surface area contributed by atoms with Gasteiger partial charge in [0.25, 0.3) is 0 Å². The SMILES string of the molecule is CNCc1ccc(OCc2ncnn2C(C)C)c(F)c1. The minimum Gasteiger partial charge on any atom is -0.483 e. The molecule has 0 atom stereocenters. The molecule has 0 bridgehead atoms. The molecule has 0 radical (unpaired) electrons. The van der Waals surface area contributed by atoms with Gasteiger partial charge in [-0.1, -0.05) is 6.07 Å². The van der Waals surface area contributed by atoms with Gasteiger partial charge in [0.15, 0.2) is 17.4 Å². The van der Waals surface area contributed by atoms with E-state index in [9.17, 15) is 4.39 Å². The Kier molecular flexibility index (Phi) is 4.68. The number of hydrogen-bond acceptors (Lipinski definition) is 4. The molecule has 0 unspecified atom stereocenters. The van der Waals surface area contributed by atoms with Crippen LogP contribution in [0.1, 0.15) is 31.3 Å². The van der Waals surface area contributed by atoms with Crippen molar-refractivity contribution in [1.82, 2.24) is 20.1 Å². The molecule has 108 valence electrons. The van der Waals surface area contributed by atoms with Gasteiger partial charge < -0.3 is 10.1 Å². The Hall–Kier alpha value is -1.95. The Morgan fingerprint density at radius 1 is 1.40 bits per heavy atom. The fourth-order valence-electron chi connectivity index (χ4n) is 1.93. The lowest BCUT2D eigenvalue weighted by Gasteiger charge is -2.11. The third-order valence-electron chi connectivity index (χ3n) is 2.87. The van der Waals surface area contributed by atoms with Crippen LogP contribution >= 0.6 is 0 Å². The average Bonchev–Trinajstić information content (AvgIpc) is 2.86. The lowest BCUT2D eigenvalue weighted by molar-refractivity contribution is 0.269. The van der Waals surface area contributed by atoms with Crippen LogP contribution in [0.3, 0.4) is 0 Å². The Labute approximate surface area is 117 Å². The summed E-state index contributed by atoms with van der Waals surface area (Å²) in [6, 6.07) is 5.14. The van der Waals surface area contributed by atoms with Crippen LogP contribution in [0.25, 0.3) is 0 Å². The summed E-state index contributed by atoms with van der Waals surface area (Å²) in [5.41, 5.74) is 0.877. The minimum absolute atomic E-state index is 0.193. The highest BCUT2D eigenvalue weighted by atomic mass is 19.1. The van der Waals surface area contributed by atoms with Crippen LogP contribution in [0.2, 0.25) is 0 Å². The molecule has 0 fully saturated rings. The van der Waals surface area contributed by atoms with E-state index in [1.54, 1.807) is 10.7 Å². The summed E-state index contributed by atoms with van der Waals surface area (Å²) in [4.78, 5) is 4.12. The van der Waals surface area contributed by atoms with Gasteiger partial charge in [0.2, 0.25) is 0 Å². The number of rotatable bonds is 6. The number of nitrogens with one attached hydrogen (secondary N) is 1. The molecule has 1 N–H and O–H groups in total. The van der Waals surface area contributed by atoms with Crippen LogP contribution in [-0.4, -0.2) is 21.8 Å². The lowest BCUT2D eigenvalue weighted by atomic mass is 10.2. The predicted octanol–water partition coefficient (Wildman–Crippen LogP) is 2.30. The molecular weight excluding hydrogens is 259 g/mol. The van der Waals surface area contributed by atoms with E-state index in [1.165, 1.54) is 12.4 Å². The van der Waals surface area contributed by atoms with E-state index in [-0.39, 0.29) is 24.2 Å². The van der Waals surface area contributed by atoms with Crippen molar-refractivity contribution >= 4 is 0 Å². The highest BCUT2D eigenvalue weighted by Crippen LogP contribution is 2.19. The van der Waals surface area contributed by atoms with Crippen LogP contribution in [0.15, 0.2) is 24.5 Å². The summed E-state index contributed by atoms with van der Waals surface area (Å²) in [6.45, 7) is 4.83. The first kappa shape index (κ1) is 14.5. The van der Waals surface area contributed by atoms with Gasteiger partial charge in [0, 0.05) is 12.6 Å². The normalized spacial score (nSPS) is 11.1. The van der Waals surface area contributed by atoms with Crippen molar-refractivity contribution < 1.29 is 9.13 Å². The highest BCUT2D eigenvalue weighted by molar-refractivity contribution is 5.29. The first-order chi connectivity index (χ1) is 9.61. The van der Waals surface area contributed by atoms with Crippen molar-refractivity contribution in [3.05, 3.63) is 41.7 Å². The Morgan fingerprint density at radius 3 is 2.85 bits per heavy atom. The van der Waals surface area contributed by atoms with E-state index < -0.39 is 0 Å². The zero-order valence-corrected chi connectivity index (χ0v) is 11.9. The van der Waals surface area contributed by atoms with Crippen LogP contribution in [0.4, 0.5) is 4.39 Å². The number of halogens is 1. The lowest BCUT2D eigenvalue weighted by Crippen LogP contribution is -2.11. The summed E-state index contributed by atoms with van der Waals surface area (Å²) in [7, 11) is 1.82. The van der Waals surface area contributed by atoms with E-state index in [0.29, 0.717) is 12.4 Å². The average molecular weight is 278 g/mol. The maximum Gasteiger partial charge on any atom is 0.165 e. The van der Waals surface area contributed by atoms with Crippen LogP contribution in [0.5, 0.6) is 5.75 Å². The molecule has 2 aromatic rings. The first-order valence-electron chi connectivity index (χ1n) is 6.56. The van der Waals surface area contributed by atoms with Gasteiger partial charge in [-0.2, -0.15) is 5.10 Å². The smallest absolute Gasteiger partial charge is 0.165 e. The van der Waals surface area contributed by atoms with Gasteiger partial charge in [-0.05, 0) is 38.6 Å². The molecular formula is C14H19FN4O. The van der Waals surface area contributed by atoms with E-state index >= 15 is 0 Å². The van der Waals surface area contributed by atoms with Gasteiger partial charge in [0.1, 0.15) is 12.9 Å². The van der Waals surface area contributed by atoms with Gasteiger partial charge in [0.05, 0.1) is 0 Å². The number of nitrogens with zero attached hydrogens (tertiary/aromatic N) is 3. The van der Waals surface area contributed by atoms with Crippen molar-refractivity contribution in [2.24, 2.45) is 0 Å². The van der Waals surface area contributed by atoms with Crippen molar-refractivity contribution in [1.29, 1.82) is 0 Å². The molecule has 0 saturated carbocycles. The van der Waals surface area contributed by atoms with Gasteiger partial charge >= 0.3 is 0 Å². The molecule has 0 spiro atoms. The summed E-state index contributed by atoms with van der Waals surface area (Å²) in [6.07, 6.45) is 1.48. The molecule has 0 saturated heterocycles. The second kappa shape index (κ2) is 6.47. The molecule has 5 nitrogen and oxygen atoms in total. The molecule has 1 aromatic heterocycles. The van der Waals surface area contributed by atoms with Crippen LogP contribution in [0, 0.1) is 5.82 Å². The van der Waals surface area contributed by atoms with E-state index in [2.05, 4.69) is 15.4 Å². The van der Waals surface area contributed by atoms with E-state index in [0.717, 1.165) is 5.56 Å². The number of hydrogen-bond donors (Lipinski definition) is 1. The second-order valence-corrected chi connectivity index (χ2v) is 4.80. The number of aromatic nitrogens is 3. The third-order valence-corrected chi connectivity index (χ3v) is 2.87. The van der Waals surface area contributed by atoms with Crippen molar-refractivity contribution in [3.8, 4) is 5.75 Å². The van der Waals surface area contributed by atoms with Crippen molar-refractivity contribution in [2.75, 3.05) is 7.05 Å². The first-order valence-corrected chi connectivity index (χ1v) is 6.56. The molecule has 2 rings (SSSR count). The Bertz CT molecular complexity index is 568. The maximum absolute atomic E-state index is 13.9. The third kappa shape index (κ3) is 3.33. The quantitative estimate of drug-likeness (QED) is 0.881. The van der Waals surface area contributed by atoms with Gasteiger partial charge in [-0.3, -0.25) is 0 Å². The predicted molar refractivity (Wildman–Crippen MR) is 73.9 cm³/mol. The zero-order chi connectivity index (χ0) is 14.5. The highest BCUT2D eigenvalue weighted by Gasteiger charge is 2.10. The van der Waals surface area contributed by atoms with Crippen molar-refractivity contribution in [3.63, 3.8) is 0 Å². The molecule has 1 heterocycles. The minimum atomic E-state index is -0.367. The number of ether oxygens (including phenoxy) is 1. The van der Waals surface area contributed by atoms with Gasteiger partial charge in [-0.15, -0.1) is 0 Å². The molecule has 6 heteroatoms.